The maximum absolute atomic E-state index is 11.4. The Morgan fingerprint density at radius 2 is 2.28 bits per heavy atom. The van der Waals surface area contributed by atoms with E-state index in [9.17, 15) is 13.5 Å². The molecule has 2 rings (SSSR count). The van der Waals surface area contributed by atoms with Gasteiger partial charge in [-0.25, -0.2) is 8.42 Å². The Morgan fingerprint density at radius 3 is 2.72 bits per heavy atom. The molecule has 5 nitrogen and oxygen atoms in total. The summed E-state index contributed by atoms with van der Waals surface area (Å²) >= 11 is 6.11. The molecule has 0 radical (unpaired) electrons. The second kappa shape index (κ2) is 4.83. The average Bonchev–Trinajstić information content (AvgIpc) is 2.74. The Balaban J connectivity index is 2.10. The number of halogens is 1. The summed E-state index contributed by atoms with van der Waals surface area (Å²) < 4.78 is 24.4. The molecule has 2 unspecified atom stereocenters. The highest BCUT2D eigenvalue weighted by Crippen LogP contribution is 2.27. The lowest BCUT2D eigenvalue weighted by Gasteiger charge is -2.16. The summed E-state index contributed by atoms with van der Waals surface area (Å²) in [7, 11) is -1.19. The van der Waals surface area contributed by atoms with Crippen molar-refractivity contribution >= 4 is 21.4 Å². The highest BCUT2D eigenvalue weighted by molar-refractivity contribution is 7.91. The van der Waals surface area contributed by atoms with Crippen molar-refractivity contribution in [1.29, 1.82) is 0 Å². The molecule has 1 aliphatic rings. The lowest BCUT2D eigenvalue weighted by Crippen LogP contribution is -2.25. The van der Waals surface area contributed by atoms with Crippen LogP contribution in [-0.4, -0.2) is 40.9 Å². The SMILES string of the molecule is Cc1nn(C)c(CC(O)C2CCS(=O)(=O)C2)c1Cl. The van der Waals surface area contributed by atoms with Gasteiger partial charge in [0, 0.05) is 19.4 Å². The third-order valence-corrected chi connectivity index (χ3v) is 5.76. The minimum atomic E-state index is -2.96. The number of aryl methyl sites for hydroxylation is 2. The molecular weight excluding hydrogens is 276 g/mol. The number of rotatable bonds is 3. The quantitative estimate of drug-likeness (QED) is 0.891. The predicted molar refractivity (Wildman–Crippen MR) is 69.4 cm³/mol. The van der Waals surface area contributed by atoms with Crippen LogP contribution in [0.15, 0.2) is 0 Å². The molecule has 18 heavy (non-hydrogen) atoms. The summed E-state index contributed by atoms with van der Waals surface area (Å²) in [4.78, 5) is 0. The van der Waals surface area contributed by atoms with Gasteiger partial charge >= 0.3 is 0 Å². The van der Waals surface area contributed by atoms with Crippen molar-refractivity contribution in [2.75, 3.05) is 11.5 Å². The third-order valence-electron chi connectivity index (χ3n) is 3.48. The van der Waals surface area contributed by atoms with Crippen molar-refractivity contribution in [3.8, 4) is 0 Å². The minimum Gasteiger partial charge on any atom is -0.392 e. The van der Waals surface area contributed by atoms with Crippen LogP contribution in [0.1, 0.15) is 17.8 Å². The van der Waals surface area contributed by atoms with Crippen LogP contribution >= 0.6 is 11.6 Å². The standard InChI is InChI=1S/C11H17ClN2O3S/c1-7-11(12)9(14(2)13-7)5-10(15)8-3-4-18(16,17)6-8/h8,10,15H,3-6H2,1-2H3. The van der Waals surface area contributed by atoms with E-state index < -0.39 is 15.9 Å². The van der Waals surface area contributed by atoms with Gasteiger partial charge in [0.25, 0.3) is 0 Å². The molecule has 1 aromatic heterocycles. The summed E-state index contributed by atoms with van der Waals surface area (Å²) in [5.74, 6) is 0.0523. The van der Waals surface area contributed by atoms with Gasteiger partial charge < -0.3 is 5.11 Å². The molecule has 2 atom stereocenters. The van der Waals surface area contributed by atoms with E-state index in [1.54, 1.807) is 18.7 Å². The van der Waals surface area contributed by atoms with Crippen molar-refractivity contribution in [3.05, 3.63) is 16.4 Å². The van der Waals surface area contributed by atoms with Crippen molar-refractivity contribution < 1.29 is 13.5 Å². The third kappa shape index (κ3) is 2.70. The van der Waals surface area contributed by atoms with Gasteiger partial charge in [-0.1, -0.05) is 11.6 Å². The number of aliphatic hydroxyl groups is 1. The zero-order chi connectivity index (χ0) is 13.5. The maximum atomic E-state index is 11.4. The first-order valence-electron chi connectivity index (χ1n) is 5.86. The summed E-state index contributed by atoms with van der Waals surface area (Å²) in [6.45, 7) is 1.80. The highest BCUT2D eigenvalue weighted by atomic mass is 35.5. The zero-order valence-electron chi connectivity index (χ0n) is 10.4. The number of aromatic nitrogens is 2. The molecule has 0 aromatic carbocycles. The lowest BCUT2D eigenvalue weighted by molar-refractivity contribution is 0.118. The van der Waals surface area contributed by atoms with Gasteiger partial charge in [-0.2, -0.15) is 5.10 Å². The smallest absolute Gasteiger partial charge is 0.150 e. The predicted octanol–water partition coefficient (Wildman–Crippen LogP) is 0.720. The average molecular weight is 293 g/mol. The summed E-state index contributed by atoms with van der Waals surface area (Å²) in [5, 5.41) is 14.9. The largest absolute Gasteiger partial charge is 0.392 e. The highest BCUT2D eigenvalue weighted by Gasteiger charge is 2.33. The molecule has 1 saturated heterocycles. The minimum absolute atomic E-state index is 0.0720. The number of nitrogens with zero attached hydrogens (tertiary/aromatic N) is 2. The number of sulfone groups is 1. The Bertz CT molecular complexity index is 553. The van der Waals surface area contributed by atoms with Gasteiger partial charge in [0.15, 0.2) is 9.84 Å². The molecule has 0 saturated carbocycles. The number of aliphatic hydroxyl groups excluding tert-OH is 1. The fourth-order valence-corrected chi connectivity index (χ4v) is 4.50. The molecule has 7 heteroatoms. The van der Waals surface area contributed by atoms with Gasteiger partial charge in [-0.15, -0.1) is 0 Å². The fraction of sp³-hybridized carbons (Fsp3) is 0.727. The van der Waals surface area contributed by atoms with Crippen LogP contribution in [0.5, 0.6) is 0 Å². The number of hydrogen-bond donors (Lipinski definition) is 1. The van der Waals surface area contributed by atoms with Gasteiger partial charge in [0.2, 0.25) is 0 Å². The summed E-state index contributed by atoms with van der Waals surface area (Å²) in [6.07, 6.45) is 0.184. The zero-order valence-corrected chi connectivity index (χ0v) is 12.0. The second-order valence-corrected chi connectivity index (χ2v) is 7.51. The number of hydrogen-bond acceptors (Lipinski definition) is 4. The van der Waals surface area contributed by atoms with Gasteiger partial charge in [-0.05, 0) is 13.3 Å². The van der Waals surface area contributed by atoms with Crippen molar-refractivity contribution in [1.82, 2.24) is 9.78 Å². The maximum Gasteiger partial charge on any atom is 0.150 e. The van der Waals surface area contributed by atoms with E-state index in [0.717, 1.165) is 11.4 Å². The van der Waals surface area contributed by atoms with Gasteiger partial charge in [0.1, 0.15) is 0 Å². The van der Waals surface area contributed by atoms with Crippen molar-refractivity contribution in [2.45, 2.75) is 25.9 Å². The molecule has 1 aliphatic heterocycles. The first kappa shape index (κ1) is 13.8. The molecule has 0 bridgehead atoms. The van der Waals surface area contributed by atoms with E-state index in [1.165, 1.54) is 0 Å². The summed E-state index contributed by atoms with van der Waals surface area (Å²) in [6, 6.07) is 0. The van der Waals surface area contributed by atoms with Crippen molar-refractivity contribution in [3.63, 3.8) is 0 Å². The Morgan fingerprint density at radius 1 is 1.61 bits per heavy atom. The molecule has 1 fully saturated rings. The molecule has 1 aromatic rings. The molecular formula is C11H17ClN2O3S. The van der Waals surface area contributed by atoms with Gasteiger partial charge in [0.05, 0.1) is 34.0 Å². The Hall–Kier alpha value is -0.590. The monoisotopic (exact) mass is 292 g/mol. The van der Waals surface area contributed by atoms with Gasteiger partial charge in [-0.3, -0.25) is 4.68 Å². The lowest BCUT2D eigenvalue weighted by atomic mass is 9.98. The van der Waals surface area contributed by atoms with Crippen LogP contribution in [0.4, 0.5) is 0 Å². The van der Waals surface area contributed by atoms with Crippen LogP contribution in [-0.2, 0) is 23.3 Å². The van der Waals surface area contributed by atoms with Crippen LogP contribution in [0.3, 0.4) is 0 Å². The molecule has 0 spiro atoms. The van der Waals surface area contributed by atoms with E-state index in [2.05, 4.69) is 5.10 Å². The normalized spacial score (nSPS) is 24.3. The van der Waals surface area contributed by atoms with E-state index in [-0.39, 0.29) is 17.4 Å². The van der Waals surface area contributed by atoms with Crippen LogP contribution in [0, 0.1) is 12.8 Å². The Kier molecular flexibility index (Phi) is 3.71. The molecule has 1 N–H and O–H groups in total. The van der Waals surface area contributed by atoms with Crippen molar-refractivity contribution in [2.24, 2.45) is 13.0 Å². The topological polar surface area (TPSA) is 72.2 Å². The van der Waals surface area contributed by atoms with E-state index in [1.807, 2.05) is 0 Å². The molecule has 0 aliphatic carbocycles. The first-order chi connectivity index (χ1) is 8.30. The molecule has 0 amide bonds. The van der Waals surface area contributed by atoms with E-state index in [4.69, 9.17) is 11.6 Å². The van der Waals surface area contributed by atoms with E-state index >= 15 is 0 Å². The summed E-state index contributed by atoms with van der Waals surface area (Å²) in [5.41, 5.74) is 1.48. The van der Waals surface area contributed by atoms with Crippen LogP contribution in [0.2, 0.25) is 5.02 Å². The van der Waals surface area contributed by atoms with E-state index in [0.29, 0.717) is 17.9 Å². The fourth-order valence-electron chi connectivity index (χ4n) is 2.39. The molecule has 102 valence electrons. The second-order valence-electron chi connectivity index (χ2n) is 4.90. The van der Waals surface area contributed by atoms with Crippen LogP contribution < -0.4 is 0 Å². The molecule has 2 heterocycles. The first-order valence-corrected chi connectivity index (χ1v) is 8.06. The Labute approximate surface area is 112 Å². The van der Waals surface area contributed by atoms with Crippen LogP contribution in [0.25, 0.3) is 0 Å².